The van der Waals surface area contributed by atoms with Crippen LogP contribution in [0.3, 0.4) is 0 Å². The van der Waals surface area contributed by atoms with Gasteiger partial charge in [-0.05, 0) is 97.0 Å². The molecule has 1 N–H and O–H groups in total. The van der Waals surface area contributed by atoms with Crippen molar-refractivity contribution < 1.29 is 0 Å². The van der Waals surface area contributed by atoms with Crippen LogP contribution in [0.1, 0.15) is 62.5 Å². The fourth-order valence-corrected chi connectivity index (χ4v) is 5.35. The maximum atomic E-state index is 5.00. The highest BCUT2D eigenvalue weighted by Crippen LogP contribution is 2.25. The molecule has 2 aliphatic heterocycles. The summed E-state index contributed by atoms with van der Waals surface area (Å²) in [4.78, 5) is 7.60. The number of likely N-dealkylation sites (tertiary alicyclic amines) is 1. The third kappa shape index (κ3) is 6.71. The van der Waals surface area contributed by atoms with Gasteiger partial charge in [0.2, 0.25) is 0 Å². The summed E-state index contributed by atoms with van der Waals surface area (Å²) in [6.07, 6.45) is 17.6. The molecule has 5 heteroatoms. The summed E-state index contributed by atoms with van der Waals surface area (Å²) < 4.78 is 2.03. The van der Waals surface area contributed by atoms with Crippen molar-refractivity contribution in [2.45, 2.75) is 78.9 Å². The molecule has 1 saturated heterocycles. The number of hydrogen-bond donors (Lipinski definition) is 1. The number of benzene rings is 1. The Kier molecular flexibility index (Phi) is 9.11. The van der Waals surface area contributed by atoms with E-state index in [1.54, 1.807) is 0 Å². The van der Waals surface area contributed by atoms with E-state index in [9.17, 15) is 0 Å². The molecule has 1 fully saturated rings. The summed E-state index contributed by atoms with van der Waals surface area (Å²) >= 11 is 0. The molecule has 5 nitrogen and oxygen atoms in total. The summed E-state index contributed by atoms with van der Waals surface area (Å²) in [5.41, 5.74) is 7.27. The molecule has 0 aliphatic carbocycles. The maximum Gasteiger partial charge on any atom is 0.0769 e. The first-order chi connectivity index (χ1) is 17.4. The fourth-order valence-electron chi connectivity index (χ4n) is 5.35. The fraction of sp³-hybridized carbons (Fsp3) is 0.484. The van der Waals surface area contributed by atoms with Gasteiger partial charge in [0.25, 0.3) is 0 Å². The second kappa shape index (κ2) is 12.5. The van der Waals surface area contributed by atoms with Gasteiger partial charge < -0.3 is 5.32 Å². The van der Waals surface area contributed by atoms with Gasteiger partial charge in [-0.25, -0.2) is 4.68 Å². The van der Waals surface area contributed by atoms with E-state index in [0.29, 0.717) is 18.0 Å². The molecule has 1 aromatic heterocycles. The number of allylic oxidation sites excluding steroid dienone is 4. The Morgan fingerprint density at radius 3 is 2.72 bits per heavy atom. The minimum atomic E-state index is 0.345. The number of aliphatic imine (C=N–C) groups is 1. The van der Waals surface area contributed by atoms with E-state index in [2.05, 4.69) is 106 Å². The lowest BCUT2D eigenvalue weighted by Crippen LogP contribution is -2.47. The molecule has 0 bridgehead atoms. The van der Waals surface area contributed by atoms with Crippen LogP contribution in [0.15, 0.2) is 59.6 Å². The summed E-state index contributed by atoms with van der Waals surface area (Å²) in [6, 6.07) is 9.46. The van der Waals surface area contributed by atoms with E-state index in [1.165, 1.54) is 35.4 Å². The first kappa shape index (κ1) is 26.3. The maximum absolute atomic E-state index is 5.00. The number of piperidine rings is 1. The highest BCUT2D eigenvalue weighted by molar-refractivity contribution is 5.89. The van der Waals surface area contributed by atoms with E-state index in [1.807, 2.05) is 4.68 Å². The van der Waals surface area contributed by atoms with Crippen molar-refractivity contribution in [3.63, 3.8) is 0 Å². The first-order valence-corrected chi connectivity index (χ1v) is 13.6. The molecule has 0 spiro atoms. The van der Waals surface area contributed by atoms with Gasteiger partial charge >= 0.3 is 0 Å². The van der Waals surface area contributed by atoms with Gasteiger partial charge in [-0.2, -0.15) is 5.10 Å². The van der Waals surface area contributed by atoms with Gasteiger partial charge in [0.15, 0.2) is 0 Å². The zero-order chi connectivity index (χ0) is 25.5. The monoisotopic (exact) mass is 485 g/mol. The average Bonchev–Trinajstić information content (AvgIpc) is 3.30. The number of nitrogens with one attached hydrogen (secondary N) is 1. The number of aryl methyl sites for hydroxylation is 3. The molecule has 0 radical (unpaired) electrons. The molecule has 2 aliphatic rings. The third-order valence-electron chi connectivity index (χ3n) is 7.70. The second-order valence-corrected chi connectivity index (χ2v) is 10.4. The lowest BCUT2D eigenvalue weighted by molar-refractivity contribution is 0.155. The highest BCUT2D eigenvalue weighted by atomic mass is 15.3. The lowest BCUT2D eigenvalue weighted by atomic mass is 9.88. The van der Waals surface area contributed by atoms with Gasteiger partial charge in [-0.15, -0.1) is 0 Å². The van der Waals surface area contributed by atoms with Crippen LogP contribution in [0.2, 0.25) is 0 Å². The van der Waals surface area contributed by atoms with Crippen molar-refractivity contribution in [3.8, 4) is 0 Å². The molecule has 3 heterocycles. The van der Waals surface area contributed by atoms with E-state index in [-0.39, 0.29) is 0 Å². The van der Waals surface area contributed by atoms with Gasteiger partial charge in [-0.1, -0.05) is 48.1 Å². The van der Waals surface area contributed by atoms with E-state index in [0.717, 1.165) is 43.9 Å². The minimum absolute atomic E-state index is 0.345. The predicted molar refractivity (Wildman–Crippen MR) is 153 cm³/mol. The zero-order valence-corrected chi connectivity index (χ0v) is 22.7. The topological polar surface area (TPSA) is 45.5 Å². The summed E-state index contributed by atoms with van der Waals surface area (Å²) in [5, 5.41) is 8.59. The van der Waals surface area contributed by atoms with Crippen LogP contribution in [0.5, 0.6) is 0 Å². The molecule has 2 atom stereocenters. The largest absolute Gasteiger partial charge is 0.305 e. The van der Waals surface area contributed by atoms with Crippen molar-refractivity contribution in [1.82, 2.24) is 20.0 Å². The molecule has 2 unspecified atom stereocenters. The molecule has 0 amide bonds. The van der Waals surface area contributed by atoms with Crippen LogP contribution >= 0.6 is 0 Å². The van der Waals surface area contributed by atoms with Crippen LogP contribution in [-0.4, -0.2) is 45.6 Å². The highest BCUT2D eigenvalue weighted by Gasteiger charge is 2.28. The predicted octanol–water partition coefficient (Wildman–Crippen LogP) is 6.40. The van der Waals surface area contributed by atoms with Crippen LogP contribution in [-0.2, 0) is 13.0 Å². The Balaban J connectivity index is 1.36. The molecular formula is C31H43N5. The van der Waals surface area contributed by atoms with Gasteiger partial charge in [0.1, 0.15) is 0 Å². The van der Waals surface area contributed by atoms with E-state index >= 15 is 0 Å². The van der Waals surface area contributed by atoms with Crippen molar-refractivity contribution in [2.24, 2.45) is 10.9 Å². The minimum Gasteiger partial charge on any atom is -0.305 e. The average molecular weight is 486 g/mol. The molecule has 36 heavy (non-hydrogen) atoms. The van der Waals surface area contributed by atoms with E-state index < -0.39 is 0 Å². The quantitative estimate of drug-likeness (QED) is 0.330. The van der Waals surface area contributed by atoms with Crippen LogP contribution in [0.4, 0.5) is 5.69 Å². The number of aromatic nitrogens is 2. The summed E-state index contributed by atoms with van der Waals surface area (Å²) in [6.45, 7) is 13.8. The molecule has 0 saturated carbocycles. The van der Waals surface area contributed by atoms with Gasteiger partial charge in [0.05, 0.1) is 11.4 Å². The Morgan fingerprint density at radius 1 is 1.19 bits per heavy atom. The van der Waals surface area contributed by atoms with Crippen molar-refractivity contribution in [1.29, 1.82) is 0 Å². The SMILES string of the molecule is C/C=C/C=C\C(NCc1cc2n(n1)C=CCC2)C1CCN(C(C)/C(C)=N/c2ccc(C)cc2C)CC1. The third-order valence-corrected chi connectivity index (χ3v) is 7.70. The summed E-state index contributed by atoms with van der Waals surface area (Å²) in [7, 11) is 0. The standard InChI is InChI=1S/C31H43N5/c1-6-7-8-12-31(32-22-28-21-29-11-9-10-17-36(29)34-28)27-15-18-35(19-16-27)26(5)25(4)33-30-14-13-23(2)20-24(30)3/h6-8,10,12-14,17,20-21,26-27,31-32H,9,11,15-16,18-19,22H2,1-5H3/b7-6+,12-8-,33-25+. The van der Waals surface area contributed by atoms with Crippen molar-refractivity contribution in [3.05, 3.63) is 77.2 Å². The van der Waals surface area contributed by atoms with Crippen molar-refractivity contribution in [2.75, 3.05) is 13.1 Å². The van der Waals surface area contributed by atoms with Gasteiger partial charge in [-0.3, -0.25) is 9.89 Å². The number of nitrogens with zero attached hydrogens (tertiary/aromatic N) is 4. The summed E-state index contributed by atoms with van der Waals surface area (Å²) in [5.74, 6) is 0.615. The van der Waals surface area contributed by atoms with Crippen LogP contribution in [0, 0.1) is 19.8 Å². The number of fused-ring (bicyclic) bond motifs is 1. The molecule has 192 valence electrons. The molecule has 4 rings (SSSR count). The number of hydrogen-bond acceptors (Lipinski definition) is 4. The van der Waals surface area contributed by atoms with Crippen LogP contribution < -0.4 is 5.32 Å². The molecule has 2 aromatic rings. The van der Waals surface area contributed by atoms with Crippen molar-refractivity contribution >= 4 is 17.6 Å². The zero-order valence-electron chi connectivity index (χ0n) is 22.7. The normalized spacial score (nSPS) is 19.3. The van der Waals surface area contributed by atoms with Crippen LogP contribution in [0.25, 0.3) is 6.20 Å². The Labute approximate surface area is 217 Å². The van der Waals surface area contributed by atoms with E-state index in [4.69, 9.17) is 10.1 Å². The molecule has 1 aromatic carbocycles. The second-order valence-electron chi connectivity index (χ2n) is 10.4. The number of rotatable bonds is 9. The Bertz CT molecular complexity index is 1130. The first-order valence-electron chi connectivity index (χ1n) is 13.6. The Hall–Kier alpha value is -2.76. The molecular weight excluding hydrogens is 442 g/mol. The lowest BCUT2D eigenvalue weighted by Gasteiger charge is -2.38. The Morgan fingerprint density at radius 2 is 2.00 bits per heavy atom. The smallest absolute Gasteiger partial charge is 0.0769 e. The van der Waals surface area contributed by atoms with Gasteiger partial charge in [0, 0.05) is 36.2 Å².